The third kappa shape index (κ3) is 4.25. The lowest BCUT2D eigenvalue weighted by molar-refractivity contribution is -0.166. The molecule has 0 saturated heterocycles. The summed E-state index contributed by atoms with van der Waals surface area (Å²) < 4.78 is 10.9. The molecule has 0 unspecified atom stereocenters. The number of carbonyl (C=O) groups is 1. The highest BCUT2D eigenvalue weighted by molar-refractivity contribution is 5.76. The summed E-state index contributed by atoms with van der Waals surface area (Å²) >= 11 is 0. The van der Waals surface area contributed by atoms with Crippen LogP contribution in [0.2, 0.25) is 0 Å². The number of hydrogen-bond donors (Lipinski definition) is 1. The molecule has 5 nitrogen and oxygen atoms in total. The number of carbonyl (C=O) groups excluding carboxylic acids is 1. The second kappa shape index (κ2) is 7.31. The van der Waals surface area contributed by atoms with E-state index in [1.165, 1.54) is 4.90 Å². The average Bonchev–Trinajstić information content (AvgIpc) is 2.37. The zero-order valence-electron chi connectivity index (χ0n) is 10.9. The predicted molar refractivity (Wildman–Crippen MR) is 67.8 cm³/mol. The Hall–Kier alpha value is -1.17. The van der Waals surface area contributed by atoms with Crippen LogP contribution in [0.15, 0.2) is 24.8 Å². The summed E-state index contributed by atoms with van der Waals surface area (Å²) in [6, 6.07) is 0. The number of aliphatic hydroxyl groups excluding tert-OH is 1. The van der Waals surface area contributed by atoms with E-state index in [0.29, 0.717) is 13.0 Å². The number of rotatable bonds is 6. The first-order valence-electron chi connectivity index (χ1n) is 5.95. The minimum absolute atomic E-state index is 0.0113. The van der Waals surface area contributed by atoms with Crippen LogP contribution >= 0.6 is 0 Å². The molecule has 1 heterocycles. The molecular formula is C13H21NO4. The molecule has 0 aromatic rings. The highest BCUT2D eigenvalue weighted by atomic mass is 16.7. The maximum Gasteiger partial charge on any atom is 0.222 e. The molecule has 0 aromatic carbocycles. The van der Waals surface area contributed by atoms with E-state index in [1.54, 1.807) is 26.2 Å². The van der Waals surface area contributed by atoms with Crippen LogP contribution in [-0.4, -0.2) is 55.6 Å². The van der Waals surface area contributed by atoms with E-state index in [1.807, 2.05) is 6.08 Å². The average molecular weight is 255 g/mol. The third-order valence-corrected chi connectivity index (χ3v) is 2.77. The van der Waals surface area contributed by atoms with E-state index in [9.17, 15) is 9.90 Å². The molecule has 102 valence electrons. The molecule has 0 saturated carbocycles. The molecule has 3 atom stereocenters. The molecule has 0 aliphatic carbocycles. The molecule has 0 aromatic heterocycles. The van der Waals surface area contributed by atoms with Crippen LogP contribution < -0.4 is 0 Å². The number of ether oxygens (including phenoxy) is 2. The molecule has 1 aliphatic rings. The molecule has 0 bridgehead atoms. The van der Waals surface area contributed by atoms with Crippen molar-refractivity contribution in [3.05, 3.63) is 24.8 Å². The van der Waals surface area contributed by atoms with E-state index in [4.69, 9.17) is 9.47 Å². The lowest BCUT2D eigenvalue weighted by atomic mass is 9.95. The maximum absolute atomic E-state index is 11.6. The normalized spacial score (nSPS) is 26.9. The van der Waals surface area contributed by atoms with Crippen molar-refractivity contribution in [1.82, 2.24) is 4.90 Å². The molecule has 1 N–H and O–H groups in total. The summed E-state index contributed by atoms with van der Waals surface area (Å²) in [4.78, 5) is 13.2. The van der Waals surface area contributed by atoms with Gasteiger partial charge < -0.3 is 19.5 Å². The Morgan fingerprint density at radius 1 is 1.56 bits per heavy atom. The fraction of sp³-hybridized carbons (Fsp3) is 0.615. The summed E-state index contributed by atoms with van der Waals surface area (Å²) in [5.41, 5.74) is 0. The Balaban J connectivity index is 2.58. The van der Waals surface area contributed by atoms with E-state index in [-0.39, 0.29) is 18.4 Å². The van der Waals surface area contributed by atoms with Gasteiger partial charge in [-0.3, -0.25) is 4.79 Å². The molecule has 1 rings (SSSR count). The van der Waals surface area contributed by atoms with E-state index in [2.05, 4.69) is 6.58 Å². The highest BCUT2D eigenvalue weighted by Crippen LogP contribution is 2.22. The van der Waals surface area contributed by atoms with Crippen molar-refractivity contribution < 1.29 is 19.4 Å². The maximum atomic E-state index is 11.6. The lowest BCUT2D eigenvalue weighted by Gasteiger charge is -2.31. The molecule has 1 amide bonds. The van der Waals surface area contributed by atoms with Crippen LogP contribution in [0.3, 0.4) is 0 Å². The number of nitrogens with zero attached hydrogens (tertiary/aromatic N) is 1. The molecular weight excluding hydrogens is 234 g/mol. The summed E-state index contributed by atoms with van der Waals surface area (Å²) in [5, 5.41) is 9.30. The number of hydrogen-bond acceptors (Lipinski definition) is 4. The third-order valence-electron chi connectivity index (χ3n) is 2.77. The van der Waals surface area contributed by atoms with Gasteiger partial charge >= 0.3 is 0 Å². The summed E-state index contributed by atoms with van der Waals surface area (Å²) in [7, 11) is 3.42. The van der Waals surface area contributed by atoms with Crippen LogP contribution in [0.25, 0.3) is 0 Å². The lowest BCUT2D eigenvalue weighted by Crippen LogP contribution is -2.38. The SMILES string of the molecule is C=CCO[C@@H]1C=C[C@H](CC(=O)N(C)C)[C@@H](CO)O1. The van der Waals surface area contributed by atoms with Crippen molar-refractivity contribution >= 4 is 5.91 Å². The van der Waals surface area contributed by atoms with Crippen molar-refractivity contribution in [2.75, 3.05) is 27.3 Å². The first kappa shape index (κ1) is 14.9. The monoisotopic (exact) mass is 255 g/mol. The van der Waals surface area contributed by atoms with Gasteiger partial charge in [0.15, 0.2) is 6.29 Å². The summed E-state index contributed by atoms with van der Waals surface area (Å²) in [6.45, 7) is 3.80. The number of aliphatic hydroxyl groups is 1. The zero-order valence-corrected chi connectivity index (χ0v) is 10.9. The molecule has 18 heavy (non-hydrogen) atoms. The highest BCUT2D eigenvalue weighted by Gasteiger charge is 2.29. The standard InChI is InChI=1S/C13H21NO4/c1-4-7-17-13-6-5-10(11(9-15)18-13)8-12(16)14(2)3/h4-6,10-11,13,15H,1,7-9H2,2-3H3/t10-,11-,13+/m1/s1. The van der Waals surface area contributed by atoms with Gasteiger partial charge in [0.05, 0.1) is 19.3 Å². The largest absolute Gasteiger partial charge is 0.394 e. The summed E-state index contributed by atoms with van der Waals surface area (Å²) in [5.74, 6) is -0.106. The second-order valence-corrected chi connectivity index (χ2v) is 4.39. The van der Waals surface area contributed by atoms with Crippen LogP contribution in [-0.2, 0) is 14.3 Å². The van der Waals surface area contributed by atoms with Gasteiger partial charge in [-0.2, -0.15) is 0 Å². The molecule has 0 radical (unpaired) electrons. The van der Waals surface area contributed by atoms with E-state index < -0.39 is 12.4 Å². The van der Waals surface area contributed by atoms with Crippen LogP contribution in [0.4, 0.5) is 0 Å². The van der Waals surface area contributed by atoms with Gasteiger partial charge in [-0.05, 0) is 6.08 Å². The molecule has 0 spiro atoms. The van der Waals surface area contributed by atoms with Crippen molar-refractivity contribution in [2.24, 2.45) is 5.92 Å². The summed E-state index contributed by atoms with van der Waals surface area (Å²) in [6.07, 6.45) is 4.71. The fourth-order valence-corrected chi connectivity index (χ4v) is 1.70. The van der Waals surface area contributed by atoms with Gasteiger partial charge in [-0.15, -0.1) is 6.58 Å². The first-order chi connectivity index (χ1) is 8.58. The van der Waals surface area contributed by atoms with Gasteiger partial charge in [-0.1, -0.05) is 12.2 Å². The second-order valence-electron chi connectivity index (χ2n) is 4.39. The van der Waals surface area contributed by atoms with Crippen molar-refractivity contribution in [3.63, 3.8) is 0 Å². The van der Waals surface area contributed by atoms with Gasteiger partial charge in [0.2, 0.25) is 5.91 Å². The Labute approximate surface area is 108 Å². The van der Waals surface area contributed by atoms with E-state index in [0.717, 1.165) is 0 Å². The Morgan fingerprint density at radius 2 is 2.28 bits per heavy atom. The molecule has 1 aliphatic heterocycles. The zero-order chi connectivity index (χ0) is 13.5. The molecule has 5 heteroatoms. The van der Waals surface area contributed by atoms with Crippen LogP contribution in [0.5, 0.6) is 0 Å². The van der Waals surface area contributed by atoms with Crippen LogP contribution in [0, 0.1) is 5.92 Å². The molecule has 0 fully saturated rings. The topological polar surface area (TPSA) is 59.0 Å². The van der Waals surface area contributed by atoms with Gasteiger partial charge in [0, 0.05) is 26.4 Å². The fourth-order valence-electron chi connectivity index (χ4n) is 1.70. The Morgan fingerprint density at radius 3 is 2.83 bits per heavy atom. The quantitative estimate of drug-likeness (QED) is 0.704. The predicted octanol–water partition coefficient (Wildman–Crippen LogP) is 0.557. The van der Waals surface area contributed by atoms with Crippen molar-refractivity contribution in [1.29, 1.82) is 0 Å². The minimum atomic E-state index is -0.481. The van der Waals surface area contributed by atoms with E-state index >= 15 is 0 Å². The van der Waals surface area contributed by atoms with Crippen molar-refractivity contribution in [2.45, 2.75) is 18.8 Å². The smallest absolute Gasteiger partial charge is 0.222 e. The van der Waals surface area contributed by atoms with Crippen LogP contribution in [0.1, 0.15) is 6.42 Å². The van der Waals surface area contributed by atoms with Crippen molar-refractivity contribution in [3.8, 4) is 0 Å². The Bertz CT molecular complexity index is 314. The Kier molecular flexibility index (Phi) is 6.04. The minimum Gasteiger partial charge on any atom is -0.394 e. The van der Waals surface area contributed by atoms with Gasteiger partial charge in [-0.25, -0.2) is 0 Å². The number of amides is 1. The van der Waals surface area contributed by atoms with Gasteiger partial charge in [0.25, 0.3) is 0 Å². The first-order valence-corrected chi connectivity index (χ1v) is 5.95. The van der Waals surface area contributed by atoms with Gasteiger partial charge in [0.1, 0.15) is 0 Å².